The van der Waals surface area contributed by atoms with E-state index in [-0.39, 0.29) is 11.3 Å². The van der Waals surface area contributed by atoms with Crippen molar-refractivity contribution in [3.63, 3.8) is 0 Å². The molecule has 0 amide bonds. The molecule has 0 spiro atoms. The third-order valence-electron chi connectivity index (χ3n) is 3.84. The maximum Gasteiger partial charge on any atom is 0.321 e. The highest BCUT2D eigenvalue weighted by Crippen LogP contribution is 2.47. The van der Waals surface area contributed by atoms with Crippen molar-refractivity contribution in [2.24, 2.45) is 5.14 Å². The number of carbonyl (C=O) groups is 1. The number of nitrogens with zero attached hydrogens (tertiary/aromatic N) is 1. The third kappa shape index (κ3) is 2.65. The molecule has 0 aliphatic heterocycles. The Morgan fingerprint density at radius 1 is 1.50 bits per heavy atom. The third-order valence-corrected chi connectivity index (χ3v) is 6.65. The Bertz CT molecular complexity index is 994. The molecule has 0 aromatic carbocycles. The summed E-state index contributed by atoms with van der Waals surface area (Å²) in [6.07, 6.45) is 5.91. The summed E-state index contributed by atoms with van der Waals surface area (Å²) in [5, 5.41) is 6.29. The number of nitrogens with two attached hydrogens (primary N) is 1. The molecular weight excluding hydrogens is 372 g/mol. The lowest BCUT2D eigenvalue weighted by atomic mass is 9.80. The number of hydrogen-bond acceptors (Lipinski definition) is 6. The highest BCUT2D eigenvalue weighted by molar-refractivity contribution is 7.93. The van der Waals surface area contributed by atoms with E-state index in [1.807, 2.05) is 0 Å². The Balaban J connectivity index is 2.25. The molecule has 24 heavy (non-hydrogen) atoms. The van der Waals surface area contributed by atoms with Crippen molar-refractivity contribution in [2.45, 2.75) is 11.8 Å². The topological polar surface area (TPSA) is 99.3 Å². The highest BCUT2D eigenvalue weighted by Gasteiger charge is 2.46. The molecular formula is C15H13ClN2O4S2. The van der Waals surface area contributed by atoms with Crippen molar-refractivity contribution in [1.82, 2.24) is 4.98 Å². The molecule has 1 aliphatic carbocycles. The first kappa shape index (κ1) is 17.1. The number of thiophene rings is 1. The normalized spacial score (nSPS) is 20.9. The molecule has 0 saturated heterocycles. The molecule has 0 saturated carbocycles. The number of hydrogen-bond donors (Lipinski definition) is 1. The lowest BCUT2D eigenvalue weighted by Gasteiger charge is -2.29. The lowest BCUT2D eigenvalue weighted by molar-refractivity contribution is -0.145. The van der Waals surface area contributed by atoms with Crippen LogP contribution in [0.3, 0.4) is 0 Å². The summed E-state index contributed by atoms with van der Waals surface area (Å²) < 4.78 is 28.4. The fourth-order valence-electron chi connectivity index (χ4n) is 2.67. The average Bonchev–Trinajstić information content (AvgIpc) is 2.91. The lowest BCUT2D eigenvalue weighted by Crippen LogP contribution is -2.38. The van der Waals surface area contributed by atoms with Crippen molar-refractivity contribution in [1.29, 1.82) is 0 Å². The smallest absolute Gasteiger partial charge is 0.321 e. The Kier molecular flexibility index (Phi) is 4.25. The number of sulfonamides is 1. The van der Waals surface area contributed by atoms with Gasteiger partial charge in [0.15, 0.2) is 0 Å². The number of methoxy groups -OCH3 is 1. The first-order valence-corrected chi connectivity index (χ1v) is 9.57. The van der Waals surface area contributed by atoms with Crippen molar-refractivity contribution < 1.29 is 17.9 Å². The number of carbonyl (C=O) groups excluding carboxylic acids is 1. The summed E-state index contributed by atoms with van der Waals surface area (Å²) in [6.45, 7) is 0. The largest absolute Gasteiger partial charge is 0.468 e. The van der Waals surface area contributed by atoms with Gasteiger partial charge in [-0.05, 0) is 18.2 Å². The van der Waals surface area contributed by atoms with E-state index in [1.54, 1.807) is 24.4 Å². The molecule has 2 aromatic heterocycles. The van der Waals surface area contributed by atoms with Crippen LogP contribution in [0.25, 0.3) is 10.2 Å². The quantitative estimate of drug-likeness (QED) is 0.819. The number of rotatable bonds is 3. The predicted octanol–water partition coefficient (Wildman–Crippen LogP) is 2.49. The van der Waals surface area contributed by atoms with Crippen molar-refractivity contribution >= 4 is 49.1 Å². The SMILES string of the molecule is COC(=O)C1(c2sc3ncccc3c2Cl)C=CC=C(S(N)(=O)=O)C1. The predicted molar refractivity (Wildman–Crippen MR) is 93.3 cm³/mol. The maximum absolute atomic E-state index is 12.6. The molecule has 2 heterocycles. The van der Waals surface area contributed by atoms with E-state index < -0.39 is 21.4 Å². The van der Waals surface area contributed by atoms with E-state index in [1.165, 1.54) is 30.6 Å². The number of primary sulfonamides is 1. The second kappa shape index (κ2) is 5.96. The first-order chi connectivity index (χ1) is 11.3. The van der Waals surface area contributed by atoms with Crippen LogP contribution in [0.1, 0.15) is 11.3 Å². The highest BCUT2D eigenvalue weighted by atomic mass is 35.5. The van der Waals surface area contributed by atoms with Crippen LogP contribution in [0.4, 0.5) is 0 Å². The summed E-state index contributed by atoms with van der Waals surface area (Å²) in [4.78, 5) is 17.9. The zero-order valence-electron chi connectivity index (χ0n) is 12.5. The minimum atomic E-state index is -3.94. The van der Waals surface area contributed by atoms with Crippen molar-refractivity contribution in [3.05, 3.63) is 51.4 Å². The van der Waals surface area contributed by atoms with Gasteiger partial charge in [0.2, 0.25) is 10.0 Å². The van der Waals surface area contributed by atoms with Gasteiger partial charge < -0.3 is 4.74 Å². The van der Waals surface area contributed by atoms with Gasteiger partial charge in [0.05, 0.1) is 17.0 Å². The number of pyridine rings is 1. The molecule has 9 heteroatoms. The minimum absolute atomic E-state index is 0.0584. The molecule has 1 aliphatic rings. The number of allylic oxidation sites excluding steroid dienone is 3. The molecule has 2 aromatic rings. The Labute approximate surface area is 147 Å². The Hall–Kier alpha value is -1.74. The van der Waals surface area contributed by atoms with Gasteiger partial charge in [-0.2, -0.15) is 0 Å². The van der Waals surface area contributed by atoms with Crippen LogP contribution < -0.4 is 5.14 Å². The number of ether oxygens (including phenoxy) is 1. The molecule has 1 unspecified atom stereocenters. The molecule has 1 atom stereocenters. The second-order valence-electron chi connectivity index (χ2n) is 5.28. The van der Waals surface area contributed by atoms with Gasteiger partial charge in [-0.3, -0.25) is 4.79 Å². The zero-order chi connectivity index (χ0) is 17.5. The van der Waals surface area contributed by atoms with Gasteiger partial charge in [-0.25, -0.2) is 18.5 Å². The standard InChI is InChI=1S/C15H13ClN2O4S2/c1-22-14(19)15(6-2-4-9(8-15)24(17,20)21)12-11(16)10-5-3-7-18-13(10)23-12/h2-7H,8H2,1H3,(H2,17,20,21). The van der Waals surface area contributed by atoms with Gasteiger partial charge in [0.1, 0.15) is 10.2 Å². The number of fused-ring (bicyclic) bond motifs is 1. The van der Waals surface area contributed by atoms with E-state index in [9.17, 15) is 13.2 Å². The van der Waals surface area contributed by atoms with Gasteiger partial charge in [-0.1, -0.05) is 23.8 Å². The molecule has 6 nitrogen and oxygen atoms in total. The molecule has 0 bridgehead atoms. The second-order valence-corrected chi connectivity index (χ2v) is 8.27. The van der Waals surface area contributed by atoms with E-state index in [4.69, 9.17) is 21.5 Å². The summed E-state index contributed by atoms with van der Waals surface area (Å²) in [7, 11) is -2.70. The average molecular weight is 385 g/mol. The Morgan fingerprint density at radius 2 is 2.25 bits per heavy atom. The number of aromatic nitrogens is 1. The van der Waals surface area contributed by atoms with Crippen LogP contribution in [0.15, 0.2) is 41.5 Å². The molecule has 126 valence electrons. The van der Waals surface area contributed by atoms with Crippen LogP contribution in [0, 0.1) is 0 Å². The van der Waals surface area contributed by atoms with Crippen LogP contribution in [-0.4, -0.2) is 26.5 Å². The van der Waals surface area contributed by atoms with Crippen LogP contribution >= 0.6 is 22.9 Å². The monoisotopic (exact) mass is 384 g/mol. The van der Waals surface area contributed by atoms with Crippen LogP contribution in [-0.2, 0) is 25.0 Å². The van der Waals surface area contributed by atoms with E-state index in [0.29, 0.717) is 20.1 Å². The van der Waals surface area contributed by atoms with E-state index >= 15 is 0 Å². The molecule has 3 rings (SSSR count). The fraction of sp³-hybridized carbons (Fsp3) is 0.200. The van der Waals surface area contributed by atoms with Crippen LogP contribution in [0.2, 0.25) is 5.02 Å². The zero-order valence-corrected chi connectivity index (χ0v) is 14.9. The summed E-state index contributed by atoms with van der Waals surface area (Å²) in [5.41, 5.74) is -1.35. The number of esters is 1. The first-order valence-electron chi connectivity index (χ1n) is 6.83. The Morgan fingerprint density at radius 3 is 2.88 bits per heavy atom. The summed E-state index contributed by atoms with van der Waals surface area (Å²) in [5.74, 6) is -0.610. The summed E-state index contributed by atoms with van der Waals surface area (Å²) in [6, 6.07) is 3.53. The van der Waals surface area contributed by atoms with E-state index in [2.05, 4.69) is 4.98 Å². The summed E-state index contributed by atoms with van der Waals surface area (Å²) >= 11 is 7.70. The maximum atomic E-state index is 12.6. The van der Waals surface area contributed by atoms with Crippen LogP contribution in [0.5, 0.6) is 0 Å². The van der Waals surface area contributed by atoms with Gasteiger partial charge in [0.25, 0.3) is 0 Å². The van der Waals surface area contributed by atoms with Crippen molar-refractivity contribution in [3.8, 4) is 0 Å². The van der Waals surface area contributed by atoms with Crippen molar-refractivity contribution in [2.75, 3.05) is 7.11 Å². The van der Waals surface area contributed by atoms with E-state index in [0.717, 1.165) is 0 Å². The fourth-order valence-corrected chi connectivity index (χ4v) is 5.05. The van der Waals surface area contributed by atoms with Gasteiger partial charge >= 0.3 is 5.97 Å². The molecule has 0 fully saturated rings. The minimum Gasteiger partial charge on any atom is -0.468 e. The van der Waals surface area contributed by atoms with Gasteiger partial charge in [0, 0.05) is 22.9 Å². The van der Waals surface area contributed by atoms with Gasteiger partial charge in [-0.15, -0.1) is 11.3 Å². The molecule has 0 radical (unpaired) electrons. The molecule has 2 N–H and O–H groups in total. The number of halogens is 1.